The van der Waals surface area contributed by atoms with Crippen LogP contribution in [0.2, 0.25) is 0 Å². The Morgan fingerprint density at radius 2 is 2.35 bits per heavy atom. The molecule has 2 aliphatic carbocycles. The molecule has 1 N–H and O–H groups in total. The minimum atomic E-state index is -0.273. The molecule has 2 saturated carbocycles. The molecule has 3 atom stereocenters. The third kappa shape index (κ3) is 2.46. The summed E-state index contributed by atoms with van der Waals surface area (Å²) in [6.07, 6.45) is 7.04. The van der Waals surface area contributed by atoms with Crippen molar-refractivity contribution in [2.75, 3.05) is 6.61 Å². The van der Waals surface area contributed by atoms with Gasteiger partial charge < -0.3 is 10.1 Å². The number of hydrogen-bond donors (Lipinski definition) is 1. The number of carbonyl (C=O) groups excluding carboxylic acids is 1. The van der Waals surface area contributed by atoms with Crippen LogP contribution in [0.5, 0.6) is 0 Å². The van der Waals surface area contributed by atoms with Gasteiger partial charge in [0.25, 0.3) is 0 Å². The van der Waals surface area contributed by atoms with E-state index in [2.05, 4.69) is 10.4 Å². The molecule has 1 heterocycles. The number of nitrogens with zero attached hydrogens (tertiary/aromatic N) is 2. The fourth-order valence-corrected chi connectivity index (χ4v) is 3.77. The molecule has 3 rings (SSSR count). The Morgan fingerprint density at radius 1 is 1.50 bits per heavy atom. The van der Waals surface area contributed by atoms with Crippen LogP contribution in [-0.2, 0) is 18.3 Å². The van der Waals surface area contributed by atoms with Crippen molar-refractivity contribution >= 4 is 5.97 Å². The number of aryl methyl sites for hydroxylation is 1. The van der Waals surface area contributed by atoms with Crippen LogP contribution in [0.3, 0.4) is 0 Å². The smallest absolute Gasteiger partial charge is 0.341 e. The van der Waals surface area contributed by atoms with Crippen molar-refractivity contribution in [1.29, 1.82) is 0 Å². The van der Waals surface area contributed by atoms with Crippen molar-refractivity contribution in [2.45, 2.75) is 45.2 Å². The number of fused-ring (bicyclic) bond motifs is 2. The monoisotopic (exact) mass is 277 g/mol. The predicted octanol–water partition coefficient (Wildman–Crippen LogP) is 1.87. The van der Waals surface area contributed by atoms with E-state index in [0.717, 1.165) is 17.5 Å². The highest BCUT2D eigenvalue weighted by Crippen LogP contribution is 2.44. The molecule has 1 aromatic heterocycles. The maximum atomic E-state index is 11.9. The summed E-state index contributed by atoms with van der Waals surface area (Å²) in [5.74, 6) is 1.48. The van der Waals surface area contributed by atoms with E-state index < -0.39 is 0 Å². The quantitative estimate of drug-likeness (QED) is 0.835. The van der Waals surface area contributed by atoms with Gasteiger partial charge in [0.2, 0.25) is 0 Å². The van der Waals surface area contributed by atoms with Crippen molar-refractivity contribution in [1.82, 2.24) is 15.1 Å². The molecule has 20 heavy (non-hydrogen) atoms. The molecule has 5 nitrogen and oxygen atoms in total. The van der Waals surface area contributed by atoms with Crippen LogP contribution in [0.15, 0.2) is 6.20 Å². The molecule has 2 aliphatic rings. The molecular formula is C15H23N3O2. The summed E-state index contributed by atoms with van der Waals surface area (Å²) in [6.45, 7) is 2.91. The summed E-state index contributed by atoms with van der Waals surface area (Å²) in [4.78, 5) is 11.9. The third-order valence-electron chi connectivity index (χ3n) is 4.83. The summed E-state index contributed by atoms with van der Waals surface area (Å²) in [5, 5.41) is 7.81. The first-order chi connectivity index (χ1) is 9.69. The van der Waals surface area contributed by atoms with E-state index >= 15 is 0 Å². The van der Waals surface area contributed by atoms with Gasteiger partial charge in [-0.15, -0.1) is 0 Å². The Morgan fingerprint density at radius 3 is 3.00 bits per heavy atom. The number of carbonyl (C=O) groups is 1. The van der Waals surface area contributed by atoms with Crippen molar-refractivity contribution in [3.8, 4) is 0 Å². The molecule has 0 saturated heterocycles. The van der Waals surface area contributed by atoms with Gasteiger partial charge in [0.05, 0.1) is 18.5 Å². The number of nitrogens with one attached hydrogen (secondary N) is 1. The maximum Gasteiger partial charge on any atom is 0.341 e. The van der Waals surface area contributed by atoms with E-state index in [1.165, 1.54) is 25.7 Å². The SMILES string of the molecule is CCOC(=O)c1cnn(C)c1CNC1CC2CCC1C2. The summed E-state index contributed by atoms with van der Waals surface area (Å²) >= 11 is 0. The zero-order chi connectivity index (χ0) is 14.1. The van der Waals surface area contributed by atoms with E-state index in [0.29, 0.717) is 24.8 Å². The Kier molecular flexibility index (Phi) is 3.78. The number of esters is 1. The molecule has 2 bridgehead atoms. The van der Waals surface area contributed by atoms with Gasteiger partial charge in [-0.1, -0.05) is 6.42 Å². The predicted molar refractivity (Wildman–Crippen MR) is 75.2 cm³/mol. The van der Waals surface area contributed by atoms with Crippen LogP contribution >= 0.6 is 0 Å². The summed E-state index contributed by atoms with van der Waals surface area (Å²) in [5.41, 5.74) is 1.51. The van der Waals surface area contributed by atoms with Gasteiger partial charge in [-0.3, -0.25) is 4.68 Å². The second kappa shape index (κ2) is 5.56. The molecular weight excluding hydrogens is 254 g/mol. The topological polar surface area (TPSA) is 56.1 Å². The first kappa shape index (κ1) is 13.6. The largest absolute Gasteiger partial charge is 0.462 e. The van der Waals surface area contributed by atoms with Gasteiger partial charge in [-0.25, -0.2) is 4.79 Å². The number of hydrogen-bond acceptors (Lipinski definition) is 4. The molecule has 0 aliphatic heterocycles. The van der Waals surface area contributed by atoms with Crippen molar-refractivity contribution in [3.63, 3.8) is 0 Å². The van der Waals surface area contributed by atoms with E-state index in [9.17, 15) is 4.79 Å². The van der Waals surface area contributed by atoms with Crippen molar-refractivity contribution in [3.05, 3.63) is 17.5 Å². The minimum absolute atomic E-state index is 0.273. The third-order valence-corrected chi connectivity index (χ3v) is 4.83. The molecule has 3 unspecified atom stereocenters. The minimum Gasteiger partial charge on any atom is -0.462 e. The molecule has 0 spiro atoms. The fourth-order valence-electron chi connectivity index (χ4n) is 3.77. The Labute approximate surface area is 119 Å². The van der Waals surface area contributed by atoms with Crippen LogP contribution in [-0.4, -0.2) is 28.4 Å². The average molecular weight is 277 g/mol. The van der Waals surface area contributed by atoms with Crippen LogP contribution in [0.4, 0.5) is 0 Å². The molecule has 0 radical (unpaired) electrons. The lowest BCUT2D eigenvalue weighted by Gasteiger charge is -2.23. The average Bonchev–Trinajstić information content (AvgIpc) is 3.12. The highest BCUT2D eigenvalue weighted by Gasteiger charge is 2.39. The lowest BCUT2D eigenvalue weighted by molar-refractivity contribution is 0.0524. The van der Waals surface area contributed by atoms with Crippen LogP contribution in [0.25, 0.3) is 0 Å². The number of rotatable bonds is 5. The fraction of sp³-hybridized carbons (Fsp3) is 0.733. The van der Waals surface area contributed by atoms with Crippen molar-refractivity contribution in [2.24, 2.45) is 18.9 Å². The summed E-state index contributed by atoms with van der Waals surface area (Å²) in [6, 6.07) is 0.610. The Balaban J connectivity index is 1.65. The van der Waals surface area contributed by atoms with Crippen LogP contribution in [0.1, 0.15) is 48.7 Å². The first-order valence-electron chi connectivity index (χ1n) is 7.60. The zero-order valence-corrected chi connectivity index (χ0v) is 12.3. The Bertz CT molecular complexity index is 497. The highest BCUT2D eigenvalue weighted by molar-refractivity contribution is 5.90. The number of aromatic nitrogens is 2. The van der Waals surface area contributed by atoms with E-state index in [1.807, 2.05) is 14.0 Å². The molecule has 2 fully saturated rings. The standard InChI is InChI=1S/C15H23N3O2/c1-3-20-15(19)12-8-17-18(2)14(12)9-16-13-7-10-4-5-11(13)6-10/h8,10-11,13,16H,3-7,9H2,1-2H3. The molecule has 0 amide bonds. The maximum absolute atomic E-state index is 11.9. The zero-order valence-electron chi connectivity index (χ0n) is 12.3. The molecule has 110 valence electrons. The van der Waals surface area contributed by atoms with Gasteiger partial charge in [0.15, 0.2) is 0 Å². The van der Waals surface area contributed by atoms with Gasteiger partial charge in [0.1, 0.15) is 5.56 Å². The number of ether oxygens (including phenoxy) is 1. The van der Waals surface area contributed by atoms with Gasteiger partial charge in [-0.05, 0) is 38.0 Å². The second-order valence-electron chi connectivity index (χ2n) is 6.01. The summed E-state index contributed by atoms with van der Waals surface area (Å²) < 4.78 is 6.85. The Hall–Kier alpha value is -1.36. The van der Waals surface area contributed by atoms with Gasteiger partial charge in [0, 0.05) is 19.6 Å². The molecule has 1 aromatic rings. The second-order valence-corrected chi connectivity index (χ2v) is 6.01. The lowest BCUT2D eigenvalue weighted by atomic mass is 9.95. The van der Waals surface area contributed by atoms with Gasteiger partial charge in [-0.2, -0.15) is 5.10 Å². The van der Waals surface area contributed by atoms with Gasteiger partial charge >= 0.3 is 5.97 Å². The highest BCUT2D eigenvalue weighted by atomic mass is 16.5. The van der Waals surface area contributed by atoms with E-state index in [1.54, 1.807) is 10.9 Å². The lowest BCUT2D eigenvalue weighted by Crippen LogP contribution is -2.34. The van der Waals surface area contributed by atoms with Crippen LogP contribution in [0, 0.1) is 11.8 Å². The van der Waals surface area contributed by atoms with Crippen molar-refractivity contribution < 1.29 is 9.53 Å². The molecule has 5 heteroatoms. The first-order valence-corrected chi connectivity index (χ1v) is 7.60. The van der Waals surface area contributed by atoms with E-state index in [-0.39, 0.29) is 5.97 Å². The van der Waals surface area contributed by atoms with E-state index in [4.69, 9.17) is 4.74 Å². The van der Waals surface area contributed by atoms with Crippen LogP contribution < -0.4 is 5.32 Å². The molecule has 0 aromatic carbocycles. The normalized spacial score (nSPS) is 28.0. The summed E-state index contributed by atoms with van der Waals surface area (Å²) in [7, 11) is 1.88.